The zero-order valence-electron chi connectivity index (χ0n) is 27.6. The van der Waals surface area contributed by atoms with Gasteiger partial charge in [0.15, 0.2) is 0 Å². The van der Waals surface area contributed by atoms with Crippen molar-refractivity contribution in [2.24, 2.45) is 0 Å². The average Bonchev–Trinajstić information content (AvgIpc) is 3.85. The summed E-state index contributed by atoms with van der Waals surface area (Å²) in [6.45, 7) is 0. The number of aromatic nitrogens is 2. The second-order valence-corrected chi connectivity index (χ2v) is 15.6. The summed E-state index contributed by atoms with van der Waals surface area (Å²) in [5.41, 5.74) is 12.3. The van der Waals surface area contributed by atoms with Gasteiger partial charge in [0.05, 0.1) is 0 Å². The molecule has 11 rings (SSSR count). The molecule has 3 heterocycles. The van der Waals surface area contributed by atoms with E-state index in [0.29, 0.717) is 0 Å². The van der Waals surface area contributed by atoms with Crippen LogP contribution in [0.5, 0.6) is 0 Å². The van der Waals surface area contributed by atoms with Crippen LogP contribution in [0, 0.1) is 0 Å². The Kier molecular flexibility index (Phi) is 6.30. The van der Waals surface area contributed by atoms with Gasteiger partial charge in [-0.3, -0.25) is 0 Å². The molecule has 0 unspecified atom stereocenters. The second kappa shape index (κ2) is 11.2. The van der Waals surface area contributed by atoms with E-state index in [-0.39, 0.29) is 14.5 Å². The SMILES string of the molecule is c1ccc(-c2ccc(-c3ccc4c(c3)[se]c3cccc(-n5c6ccccc6c6ccc(-n7c8ccccc8c8ccccc87)cc65)c34)cc2)cc1. The topological polar surface area (TPSA) is 9.86 Å². The van der Waals surface area contributed by atoms with Crippen molar-refractivity contribution in [2.45, 2.75) is 0 Å². The van der Waals surface area contributed by atoms with Crippen molar-refractivity contribution in [1.82, 2.24) is 9.13 Å². The van der Waals surface area contributed by atoms with Crippen LogP contribution in [0.1, 0.15) is 0 Å². The molecule has 0 spiro atoms. The summed E-state index contributed by atoms with van der Waals surface area (Å²) in [6.07, 6.45) is 0. The third kappa shape index (κ3) is 4.36. The predicted octanol–water partition coefficient (Wildman–Crippen LogP) is 12.6. The molecule has 0 saturated carbocycles. The van der Waals surface area contributed by atoms with E-state index >= 15 is 0 Å². The summed E-state index contributed by atoms with van der Waals surface area (Å²) in [7, 11) is 0. The summed E-state index contributed by atoms with van der Waals surface area (Å²) in [5.74, 6) is 0. The van der Waals surface area contributed by atoms with E-state index in [1.165, 1.54) is 96.5 Å². The quantitative estimate of drug-likeness (QED) is 0.161. The van der Waals surface area contributed by atoms with E-state index < -0.39 is 0 Å². The summed E-state index contributed by atoms with van der Waals surface area (Å²) in [6, 6.07) is 67.0. The molecule has 8 aromatic carbocycles. The summed E-state index contributed by atoms with van der Waals surface area (Å²) >= 11 is 0.216. The molecule has 0 aliphatic heterocycles. The maximum atomic E-state index is 2.52. The summed E-state index contributed by atoms with van der Waals surface area (Å²) in [4.78, 5) is 0. The predicted molar refractivity (Wildman–Crippen MR) is 218 cm³/mol. The van der Waals surface area contributed by atoms with Crippen molar-refractivity contribution in [2.75, 3.05) is 0 Å². The van der Waals surface area contributed by atoms with Gasteiger partial charge in [0.25, 0.3) is 0 Å². The third-order valence-electron chi connectivity index (χ3n) is 10.5. The van der Waals surface area contributed by atoms with E-state index in [1.54, 1.807) is 0 Å². The third-order valence-corrected chi connectivity index (χ3v) is 12.9. The van der Waals surface area contributed by atoms with Crippen LogP contribution in [0.2, 0.25) is 0 Å². The molecule has 0 radical (unpaired) electrons. The van der Waals surface area contributed by atoms with Crippen molar-refractivity contribution in [3.05, 3.63) is 182 Å². The first-order valence-electron chi connectivity index (χ1n) is 17.4. The fraction of sp³-hybridized carbons (Fsp3) is 0. The Morgan fingerprint density at radius 1 is 0.314 bits per heavy atom. The fourth-order valence-electron chi connectivity index (χ4n) is 8.22. The summed E-state index contributed by atoms with van der Waals surface area (Å²) in [5, 5.41) is 7.82. The van der Waals surface area contributed by atoms with Gasteiger partial charge in [-0.15, -0.1) is 0 Å². The molecule has 0 aliphatic rings. The van der Waals surface area contributed by atoms with Crippen LogP contribution in [0.15, 0.2) is 182 Å². The number of para-hydroxylation sites is 3. The Balaban J connectivity index is 1.11. The zero-order valence-corrected chi connectivity index (χ0v) is 29.3. The molecular formula is C48H30N2Se. The van der Waals surface area contributed by atoms with Crippen molar-refractivity contribution < 1.29 is 0 Å². The fourth-order valence-corrected chi connectivity index (χ4v) is 10.7. The zero-order chi connectivity index (χ0) is 33.5. The van der Waals surface area contributed by atoms with E-state index in [2.05, 4.69) is 191 Å². The van der Waals surface area contributed by atoms with Gasteiger partial charge in [0.1, 0.15) is 0 Å². The van der Waals surface area contributed by atoms with Crippen LogP contribution in [0.4, 0.5) is 0 Å². The molecule has 238 valence electrons. The number of fused-ring (bicyclic) bond motifs is 9. The molecule has 11 aromatic rings. The van der Waals surface area contributed by atoms with Gasteiger partial charge in [0, 0.05) is 0 Å². The Labute approximate surface area is 300 Å². The molecule has 0 atom stereocenters. The first kappa shape index (κ1) is 28.7. The van der Waals surface area contributed by atoms with E-state index in [4.69, 9.17) is 0 Å². The minimum absolute atomic E-state index is 0.216. The standard InChI is InChI=1S/C48H30N2Se/c1-2-11-31(12-3-1)32-21-23-33(24-22-32)34-25-27-40-47(29-34)51-46-20-10-19-44(48(40)46)50-43-18-9-6-15-38(43)39-28-26-35(30-45(39)50)49-41-16-7-4-13-36(41)37-14-5-8-17-42(37)49/h1-30H. The second-order valence-electron chi connectivity index (χ2n) is 13.3. The Bertz CT molecular complexity index is 3070. The molecule has 0 N–H and O–H groups in total. The molecule has 0 bridgehead atoms. The number of nitrogens with zero attached hydrogens (tertiary/aromatic N) is 2. The molecule has 0 amide bonds. The van der Waals surface area contributed by atoms with Gasteiger partial charge in [-0.05, 0) is 0 Å². The molecule has 0 aliphatic carbocycles. The van der Waals surface area contributed by atoms with Crippen molar-refractivity contribution in [3.63, 3.8) is 0 Å². The normalized spacial score (nSPS) is 11.9. The van der Waals surface area contributed by atoms with Gasteiger partial charge in [-0.25, -0.2) is 0 Å². The number of hydrogen-bond donors (Lipinski definition) is 0. The average molecular weight is 714 g/mol. The number of rotatable bonds is 4. The van der Waals surface area contributed by atoms with Gasteiger partial charge >= 0.3 is 302 Å². The van der Waals surface area contributed by atoms with E-state index in [0.717, 1.165) is 0 Å². The van der Waals surface area contributed by atoms with Gasteiger partial charge in [-0.2, -0.15) is 0 Å². The van der Waals surface area contributed by atoms with Crippen LogP contribution in [-0.2, 0) is 0 Å². The van der Waals surface area contributed by atoms with Crippen LogP contribution in [-0.4, -0.2) is 23.6 Å². The number of hydrogen-bond acceptors (Lipinski definition) is 0. The van der Waals surface area contributed by atoms with Gasteiger partial charge in [0.2, 0.25) is 0 Å². The molecule has 51 heavy (non-hydrogen) atoms. The maximum absolute atomic E-state index is 2.52. The van der Waals surface area contributed by atoms with Crippen molar-refractivity contribution >= 4 is 77.4 Å². The number of benzene rings is 8. The molecule has 3 heteroatoms. The molecule has 0 saturated heterocycles. The first-order valence-corrected chi connectivity index (χ1v) is 19.1. The minimum atomic E-state index is 0.216. The molecule has 0 fully saturated rings. The monoisotopic (exact) mass is 714 g/mol. The Hall–Kier alpha value is -6.12. The van der Waals surface area contributed by atoms with Crippen molar-refractivity contribution in [3.8, 4) is 33.6 Å². The Morgan fingerprint density at radius 2 is 0.843 bits per heavy atom. The molecule has 3 aromatic heterocycles. The van der Waals surface area contributed by atoms with Crippen LogP contribution >= 0.6 is 0 Å². The van der Waals surface area contributed by atoms with Gasteiger partial charge in [-0.1, -0.05) is 0 Å². The van der Waals surface area contributed by atoms with Crippen molar-refractivity contribution in [1.29, 1.82) is 0 Å². The van der Waals surface area contributed by atoms with Crippen LogP contribution < -0.4 is 0 Å². The Morgan fingerprint density at radius 3 is 1.53 bits per heavy atom. The van der Waals surface area contributed by atoms with E-state index in [1.807, 2.05) is 0 Å². The summed E-state index contributed by atoms with van der Waals surface area (Å²) < 4.78 is 7.83. The van der Waals surface area contributed by atoms with Crippen LogP contribution in [0.3, 0.4) is 0 Å². The van der Waals surface area contributed by atoms with E-state index in [9.17, 15) is 0 Å². The molecular weight excluding hydrogens is 684 g/mol. The van der Waals surface area contributed by atoms with Gasteiger partial charge < -0.3 is 0 Å². The van der Waals surface area contributed by atoms with Crippen LogP contribution in [0.25, 0.3) is 96.5 Å². The first-order chi connectivity index (χ1) is 25.3. The molecule has 2 nitrogen and oxygen atoms in total.